The molecule has 5 nitrogen and oxygen atoms in total. The van der Waals surface area contributed by atoms with Crippen molar-refractivity contribution in [3.63, 3.8) is 0 Å². The lowest BCUT2D eigenvalue weighted by Crippen LogP contribution is -2.14. The number of imidazole rings is 1. The Morgan fingerprint density at radius 3 is 2.69 bits per heavy atom. The van der Waals surface area contributed by atoms with Crippen LogP contribution >= 0.6 is 11.6 Å². The standard InChI is InChI=1S/C10H7ClN2O3/c11-8-5-6(1-2-7(8)9(14)15)13-4-3-12-10(13)16/h1-5H,(H,12,16)(H,14,15). The predicted molar refractivity (Wildman–Crippen MR) is 58.4 cm³/mol. The van der Waals surface area contributed by atoms with Crippen molar-refractivity contribution in [1.82, 2.24) is 9.55 Å². The molecule has 0 aliphatic carbocycles. The van der Waals surface area contributed by atoms with E-state index in [1.54, 1.807) is 0 Å². The second kappa shape index (κ2) is 3.86. The highest BCUT2D eigenvalue weighted by molar-refractivity contribution is 6.33. The second-order valence-corrected chi connectivity index (χ2v) is 3.51. The van der Waals surface area contributed by atoms with Crippen molar-refractivity contribution in [2.45, 2.75) is 0 Å². The molecule has 0 bridgehead atoms. The molecule has 16 heavy (non-hydrogen) atoms. The van der Waals surface area contributed by atoms with Gasteiger partial charge in [-0.1, -0.05) is 11.6 Å². The Balaban J connectivity index is 2.54. The first-order chi connectivity index (χ1) is 7.59. The van der Waals surface area contributed by atoms with Gasteiger partial charge in [0, 0.05) is 12.4 Å². The topological polar surface area (TPSA) is 75.1 Å². The minimum absolute atomic E-state index is 0.00833. The Morgan fingerprint density at radius 2 is 2.19 bits per heavy atom. The van der Waals surface area contributed by atoms with Crippen LogP contribution in [0.15, 0.2) is 35.4 Å². The Labute approximate surface area is 94.9 Å². The number of carboxylic acids is 1. The summed E-state index contributed by atoms with van der Waals surface area (Å²) in [6.45, 7) is 0. The molecule has 82 valence electrons. The molecular formula is C10H7ClN2O3. The molecule has 0 atom stereocenters. The fraction of sp³-hybridized carbons (Fsp3) is 0. The molecule has 0 radical (unpaired) electrons. The lowest BCUT2D eigenvalue weighted by molar-refractivity contribution is 0.0697. The zero-order chi connectivity index (χ0) is 11.7. The third-order valence-electron chi connectivity index (χ3n) is 2.11. The molecule has 1 heterocycles. The molecule has 2 rings (SSSR count). The fourth-order valence-electron chi connectivity index (χ4n) is 1.35. The molecule has 0 spiro atoms. The molecule has 0 aliphatic rings. The lowest BCUT2D eigenvalue weighted by atomic mass is 10.2. The summed E-state index contributed by atoms with van der Waals surface area (Å²) in [6, 6.07) is 4.31. The smallest absolute Gasteiger partial charge is 0.337 e. The van der Waals surface area contributed by atoms with Crippen molar-refractivity contribution in [2.75, 3.05) is 0 Å². The van der Waals surface area contributed by atoms with Gasteiger partial charge in [-0.15, -0.1) is 0 Å². The highest BCUT2D eigenvalue weighted by Crippen LogP contribution is 2.19. The number of carboxylic acid groups (broad SMARTS) is 1. The molecular weight excluding hydrogens is 232 g/mol. The highest BCUT2D eigenvalue weighted by Gasteiger charge is 2.10. The molecule has 6 heteroatoms. The number of carbonyl (C=O) groups is 1. The largest absolute Gasteiger partial charge is 0.478 e. The number of H-pyrrole nitrogens is 1. The predicted octanol–water partition coefficient (Wildman–Crippen LogP) is 1.52. The van der Waals surface area contributed by atoms with Crippen LogP contribution in [-0.4, -0.2) is 20.6 Å². The van der Waals surface area contributed by atoms with Crippen LogP contribution in [0.5, 0.6) is 0 Å². The molecule has 2 N–H and O–H groups in total. The lowest BCUT2D eigenvalue weighted by Gasteiger charge is -2.03. The van der Waals surface area contributed by atoms with E-state index in [1.165, 1.54) is 35.2 Å². The summed E-state index contributed by atoms with van der Waals surface area (Å²) < 4.78 is 1.33. The Kier molecular flexibility index (Phi) is 2.54. The van der Waals surface area contributed by atoms with Gasteiger partial charge in [0.15, 0.2) is 0 Å². The SMILES string of the molecule is O=C(O)c1ccc(-n2cc[nH]c2=O)cc1Cl. The summed E-state index contributed by atoms with van der Waals surface area (Å²) >= 11 is 5.79. The van der Waals surface area contributed by atoms with E-state index in [0.29, 0.717) is 5.69 Å². The quantitative estimate of drug-likeness (QED) is 0.833. The van der Waals surface area contributed by atoms with Crippen LogP contribution in [0.3, 0.4) is 0 Å². The van der Waals surface area contributed by atoms with Gasteiger partial charge in [0.2, 0.25) is 0 Å². The van der Waals surface area contributed by atoms with Crippen molar-refractivity contribution in [2.24, 2.45) is 0 Å². The minimum atomic E-state index is -1.10. The van der Waals surface area contributed by atoms with Gasteiger partial charge in [-0.05, 0) is 18.2 Å². The average molecular weight is 239 g/mol. The first-order valence-electron chi connectivity index (χ1n) is 4.39. The first-order valence-corrected chi connectivity index (χ1v) is 4.76. The van der Waals surface area contributed by atoms with Crippen molar-refractivity contribution in [3.05, 3.63) is 51.7 Å². The van der Waals surface area contributed by atoms with Crippen LogP contribution in [0.25, 0.3) is 5.69 Å². The molecule has 0 aliphatic heterocycles. The van der Waals surface area contributed by atoms with E-state index in [9.17, 15) is 9.59 Å². The summed E-state index contributed by atoms with van der Waals surface area (Å²) in [6.07, 6.45) is 3.02. The number of hydrogen-bond acceptors (Lipinski definition) is 2. The van der Waals surface area contributed by atoms with Crippen LogP contribution in [0.1, 0.15) is 10.4 Å². The van der Waals surface area contributed by atoms with E-state index in [-0.39, 0.29) is 16.3 Å². The summed E-state index contributed by atoms with van der Waals surface area (Å²) in [5.74, 6) is -1.10. The monoisotopic (exact) mass is 238 g/mol. The Bertz CT molecular complexity index is 600. The van der Waals surface area contributed by atoms with E-state index in [1.807, 2.05) is 0 Å². The van der Waals surface area contributed by atoms with Crippen molar-refractivity contribution < 1.29 is 9.90 Å². The Morgan fingerprint density at radius 1 is 1.44 bits per heavy atom. The summed E-state index contributed by atoms with van der Waals surface area (Å²) in [7, 11) is 0. The number of hydrogen-bond donors (Lipinski definition) is 2. The molecule has 0 saturated carbocycles. The second-order valence-electron chi connectivity index (χ2n) is 3.10. The minimum Gasteiger partial charge on any atom is -0.478 e. The van der Waals surface area contributed by atoms with Gasteiger partial charge >= 0.3 is 11.7 Å². The zero-order valence-corrected chi connectivity index (χ0v) is 8.73. The van der Waals surface area contributed by atoms with Crippen LogP contribution in [0.4, 0.5) is 0 Å². The van der Waals surface area contributed by atoms with Gasteiger partial charge in [0.25, 0.3) is 0 Å². The zero-order valence-electron chi connectivity index (χ0n) is 7.98. The van der Waals surface area contributed by atoms with E-state index in [2.05, 4.69) is 4.98 Å². The van der Waals surface area contributed by atoms with E-state index in [4.69, 9.17) is 16.7 Å². The number of rotatable bonds is 2. The molecule has 0 saturated heterocycles. The molecule has 1 aromatic heterocycles. The van der Waals surface area contributed by atoms with E-state index in [0.717, 1.165) is 0 Å². The normalized spacial score (nSPS) is 10.3. The van der Waals surface area contributed by atoms with Gasteiger partial charge < -0.3 is 10.1 Å². The van der Waals surface area contributed by atoms with Gasteiger partial charge in [-0.25, -0.2) is 9.59 Å². The van der Waals surface area contributed by atoms with Gasteiger partial charge in [-0.2, -0.15) is 0 Å². The van der Waals surface area contributed by atoms with Crippen molar-refractivity contribution in [3.8, 4) is 5.69 Å². The van der Waals surface area contributed by atoms with Gasteiger partial charge in [0.1, 0.15) is 0 Å². The molecule has 1 aromatic carbocycles. The number of nitrogens with one attached hydrogen (secondary N) is 1. The fourth-order valence-corrected chi connectivity index (χ4v) is 1.61. The molecule has 0 unspecified atom stereocenters. The number of aromatic carboxylic acids is 1. The van der Waals surface area contributed by atoms with E-state index >= 15 is 0 Å². The van der Waals surface area contributed by atoms with Crippen LogP contribution < -0.4 is 5.69 Å². The van der Waals surface area contributed by atoms with Crippen molar-refractivity contribution >= 4 is 17.6 Å². The van der Waals surface area contributed by atoms with Gasteiger partial charge in [0.05, 0.1) is 16.3 Å². The number of nitrogens with zero attached hydrogens (tertiary/aromatic N) is 1. The van der Waals surface area contributed by atoms with Gasteiger partial charge in [-0.3, -0.25) is 4.57 Å². The maximum atomic E-state index is 11.3. The van der Waals surface area contributed by atoms with Crippen molar-refractivity contribution in [1.29, 1.82) is 0 Å². The van der Waals surface area contributed by atoms with Crippen LogP contribution in [-0.2, 0) is 0 Å². The maximum absolute atomic E-state index is 11.3. The first kappa shape index (κ1) is 10.5. The average Bonchev–Trinajstić information content (AvgIpc) is 2.63. The number of benzene rings is 1. The number of aromatic nitrogens is 2. The maximum Gasteiger partial charge on any atom is 0.337 e. The van der Waals surface area contributed by atoms with Crippen LogP contribution in [0, 0.1) is 0 Å². The van der Waals surface area contributed by atoms with E-state index < -0.39 is 5.97 Å². The summed E-state index contributed by atoms with van der Waals surface area (Å²) in [5, 5.41) is 8.88. The Hall–Kier alpha value is -2.01. The number of halogens is 1. The summed E-state index contributed by atoms with van der Waals surface area (Å²) in [4.78, 5) is 24.5. The molecule has 2 aromatic rings. The third-order valence-corrected chi connectivity index (χ3v) is 2.42. The van der Waals surface area contributed by atoms with Crippen LogP contribution in [0.2, 0.25) is 5.02 Å². The highest BCUT2D eigenvalue weighted by atomic mass is 35.5. The number of aromatic amines is 1. The third kappa shape index (κ3) is 1.72. The molecule has 0 amide bonds. The summed E-state index contributed by atoms with van der Waals surface area (Å²) in [5.41, 5.74) is 0.217. The molecule has 0 fully saturated rings.